The molecule has 6 rings (SSSR count). The van der Waals surface area contributed by atoms with Crippen molar-refractivity contribution in [3.63, 3.8) is 0 Å². The average molecular weight is 604 g/mol. The molecule has 2 aromatic carbocycles. The van der Waals surface area contributed by atoms with Crippen LogP contribution in [-0.4, -0.2) is 83.2 Å². The number of rotatable bonds is 8. The number of carbonyl (C=O) groups excluding carboxylic acids is 1. The third kappa shape index (κ3) is 6.41. The molecule has 1 aliphatic carbocycles. The fourth-order valence-corrected chi connectivity index (χ4v) is 6.45. The lowest BCUT2D eigenvalue weighted by Crippen LogP contribution is -2.49. The first kappa shape index (κ1) is 29.2. The van der Waals surface area contributed by atoms with Gasteiger partial charge >= 0.3 is 0 Å². The third-order valence-corrected chi connectivity index (χ3v) is 8.97. The molecule has 1 amide bonds. The number of amides is 1. The first-order valence-electron chi connectivity index (χ1n) is 14.8. The van der Waals surface area contributed by atoms with Crippen molar-refractivity contribution in [2.45, 2.75) is 37.8 Å². The van der Waals surface area contributed by atoms with Crippen LogP contribution >= 0.6 is 11.6 Å². The molecule has 2 aromatic heterocycles. The van der Waals surface area contributed by atoms with Gasteiger partial charge in [-0.25, -0.2) is 9.97 Å². The van der Waals surface area contributed by atoms with Gasteiger partial charge in [0.25, 0.3) is 5.91 Å². The number of halogens is 1. The lowest BCUT2D eigenvalue weighted by molar-refractivity contribution is -0.118. The van der Waals surface area contributed by atoms with Gasteiger partial charge in [-0.2, -0.15) is 0 Å². The van der Waals surface area contributed by atoms with Gasteiger partial charge in [0.2, 0.25) is 0 Å². The fourth-order valence-electron chi connectivity index (χ4n) is 6.32. The van der Waals surface area contributed by atoms with E-state index >= 15 is 0 Å². The minimum Gasteiger partial charge on any atom is -0.495 e. The van der Waals surface area contributed by atoms with Crippen molar-refractivity contribution in [2.75, 3.05) is 58.0 Å². The molecular formula is C32H38ClN7O3. The third-order valence-electron chi connectivity index (χ3n) is 8.72. The van der Waals surface area contributed by atoms with E-state index in [1.165, 1.54) is 12.8 Å². The number of piperazine rings is 1. The zero-order chi connectivity index (χ0) is 29.9. The minimum atomic E-state index is -0.303. The zero-order valence-electron chi connectivity index (χ0n) is 24.6. The smallest absolute Gasteiger partial charge is 0.262 e. The SMILES string of the molecule is COc1cc(-c2cn(C3CCC(N4CCN(C)CC4)CC3)c3ncnc(N)c23)ccc1NC(=O)COc1ccc(Cl)cc1. The second-order valence-corrected chi connectivity index (χ2v) is 11.9. The summed E-state index contributed by atoms with van der Waals surface area (Å²) in [6.45, 7) is 4.44. The van der Waals surface area contributed by atoms with Gasteiger partial charge in [-0.1, -0.05) is 17.7 Å². The molecule has 3 heterocycles. The number of aromatic nitrogens is 3. The summed E-state index contributed by atoms with van der Waals surface area (Å²) >= 11 is 5.92. The van der Waals surface area contributed by atoms with Crippen LogP contribution in [-0.2, 0) is 4.79 Å². The number of hydrogen-bond acceptors (Lipinski definition) is 8. The number of hydrogen-bond donors (Lipinski definition) is 2. The summed E-state index contributed by atoms with van der Waals surface area (Å²) in [5.74, 6) is 1.23. The lowest BCUT2D eigenvalue weighted by atomic mass is 9.89. The van der Waals surface area contributed by atoms with E-state index in [0.29, 0.717) is 40.1 Å². The van der Waals surface area contributed by atoms with Crippen LogP contribution in [0.5, 0.6) is 11.5 Å². The van der Waals surface area contributed by atoms with Crippen LogP contribution in [0.2, 0.25) is 5.02 Å². The monoisotopic (exact) mass is 603 g/mol. The predicted octanol–water partition coefficient (Wildman–Crippen LogP) is 5.09. The summed E-state index contributed by atoms with van der Waals surface area (Å²) in [6.07, 6.45) is 8.23. The Balaban J connectivity index is 1.19. The number of nitrogen functional groups attached to an aromatic ring is 1. The van der Waals surface area contributed by atoms with Gasteiger partial charge in [-0.05, 0) is 74.7 Å². The van der Waals surface area contributed by atoms with Crippen molar-refractivity contribution in [1.82, 2.24) is 24.3 Å². The van der Waals surface area contributed by atoms with Gasteiger partial charge in [0.05, 0.1) is 18.2 Å². The van der Waals surface area contributed by atoms with E-state index in [1.807, 2.05) is 18.2 Å². The number of nitrogens with two attached hydrogens (primary N) is 1. The molecule has 0 bridgehead atoms. The molecule has 1 saturated carbocycles. The molecule has 2 fully saturated rings. The van der Waals surface area contributed by atoms with Gasteiger partial charge < -0.3 is 30.0 Å². The highest BCUT2D eigenvalue weighted by atomic mass is 35.5. The Morgan fingerprint density at radius 3 is 2.47 bits per heavy atom. The summed E-state index contributed by atoms with van der Waals surface area (Å²) in [6, 6.07) is 13.5. The number of ether oxygens (including phenoxy) is 2. The van der Waals surface area contributed by atoms with E-state index in [9.17, 15) is 4.79 Å². The summed E-state index contributed by atoms with van der Waals surface area (Å²) in [7, 11) is 3.79. The highest BCUT2D eigenvalue weighted by Crippen LogP contribution is 2.40. The topological polar surface area (TPSA) is 111 Å². The van der Waals surface area contributed by atoms with E-state index in [0.717, 1.165) is 61.2 Å². The summed E-state index contributed by atoms with van der Waals surface area (Å²) in [5, 5.41) is 4.32. The molecule has 1 aliphatic heterocycles. The lowest BCUT2D eigenvalue weighted by Gasteiger charge is -2.41. The number of fused-ring (bicyclic) bond motifs is 1. The van der Waals surface area contributed by atoms with Crippen molar-refractivity contribution in [3.05, 3.63) is 60.0 Å². The van der Waals surface area contributed by atoms with E-state index in [-0.39, 0.29) is 12.5 Å². The second kappa shape index (κ2) is 12.8. The second-order valence-electron chi connectivity index (χ2n) is 11.4. The molecule has 3 N–H and O–H groups in total. The Morgan fingerprint density at radius 1 is 1.02 bits per heavy atom. The molecule has 11 heteroatoms. The quantitative estimate of drug-likeness (QED) is 0.286. The molecule has 0 atom stereocenters. The van der Waals surface area contributed by atoms with Crippen LogP contribution in [0.25, 0.3) is 22.2 Å². The number of likely N-dealkylation sites (N-methyl/N-ethyl adjacent to an activating group) is 1. The number of carbonyl (C=O) groups is 1. The maximum Gasteiger partial charge on any atom is 0.262 e. The molecule has 4 aromatic rings. The van der Waals surface area contributed by atoms with Crippen LogP contribution in [0.3, 0.4) is 0 Å². The standard InChI is InChI=1S/C32H38ClN7O3/c1-38-13-15-39(16-14-38)23-6-8-24(9-7-23)40-18-26(30-31(34)35-20-36-32(30)40)21-3-12-27(28(17-21)42-2)37-29(41)19-43-25-10-4-22(33)5-11-25/h3-5,10-12,17-18,20,23-24H,6-9,13-16,19H2,1-2H3,(H,37,41)(H2,34,35,36). The summed E-state index contributed by atoms with van der Waals surface area (Å²) < 4.78 is 13.6. The minimum absolute atomic E-state index is 0.148. The number of nitrogens with zero attached hydrogens (tertiary/aromatic N) is 5. The Labute approximate surface area is 256 Å². The van der Waals surface area contributed by atoms with Crippen molar-refractivity contribution in [1.29, 1.82) is 0 Å². The molecule has 1 saturated heterocycles. The van der Waals surface area contributed by atoms with E-state index in [2.05, 4.69) is 42.9 Å². The first-order chi connectivity index (χ1) is 20.9. The maximum absolute atomic E-state index is 12.7. The van der Waals surface area contributed by atoms with Gasteiger partial charge in [0.15, 0.2) is 6.61 Å². The zero-order valence-corrected chi connectivity index (χ0v) is 25.4. The van der Waals surface area contributed by atoms with Crippen molar-refractivity contribution in [2.24, 2.45) is 0 Å². The largest absolute Gasteiger partial charge is 0.495 e. The molecule has 10 nitrogen and oxygen atoms in total. The van der Waals surface area contributed by atoms with Crippen LogP contribution < -0.4 is 20.5 Å². The summed E-state index contributed by atoms with van der Waals surface area (Å²) in [4.78, 5) is 26.7. The average Bonchev–Trinajstić information content (AvgIpc) is 3.42. The predicted molar refractivity (Wildman–Crippen MR) is 170 cm³/mol. The van der Waals surface area contributed by atoms with Crippen LogP contribution in [0.1, 0.15) is 31.7 Å². The van der Waals surface area contributed by atoms with Gasteiger partial charge in [-0.15, -0.1) is 0 Å². The maximum atomic E-state index is 12.7. The highest BCUT2D eigenvalue weighted by molar-refractivity contribution is 6.30. The number of methoxy groups -OCH3 is 1. The Kier molecular flexibility index (Phi) is 8.69. The molecule has 43 heavy (non-hydrogen) atoms. The number of anilines is 2. The van der Waals surface area contributed by atoms with Crippen molar-refractivity contribution < 1.29 is 14.3 Å². The normalized spacial score (nSPS) is 19.8. The van der Waals surface area contributed by atoms with Gasteiger partial charge in [0, 0.05) is 55.0 Å². The van der Waals surface area contributed by atoms with E-state index in [1.54, 1.807) is 37.7 Å². The molecule has 2 aliphatic rings. The van der Waals surface area contributed by atoms with Crippen LogP contribution in [0.4, 0.5) is 11.5 Å². The number of nitrogens with one attached hydrogen (secondary N) is 1. The van der Waals surface area contributed by atoms with Crippen LogP contribution in [0.15, 0.2) is 55.0 Å². The molecular weight excluding hydrogens is 566 g/mol. The molecule has 226 valence electrons. The Bertz CT molecular complexity index is 1580. The summed E-state index contributed by atoms with van der Waals surface area (Å²) in [5.41, 5.74) is 9.68. The fraction of sp³-hybridized carbons (Fsp3) is 0.406. The molecule has 0 unspecified atom stereocenters. The van der Waals surface area contributed by atoms with Crippen molar-refractivity contribution >= 4 is 40.0 Å². The Morgan fingerprint density at radius 2 is 1.74 bits per heavy atom. The number of benzene rings is 2. The van der Waals surface area contributed by atoms with Gasteiger partial charge in [-0.3, -0.25) is 9.69 Å². The molecule has 0 spiro atoms. The van der Waals surface area contributed by atoms with Crippen LogP contribution in [0, 0.1) is 0 Å². The van der Waals surface area contributed by atoms with E-state index < -0.39 is 0 Å². The first-order valence-corrected chi connectivity index (χ1v) is 15.2. The van der Waals surface area contributed by atoms with Gasteiger partial charge in [0.1, 0.15) is 29.3 Å². The molecule has 0 radical (unpaired) electrons. The Hall–Kier alpha value is -3.86. The highest BCUT2D eigenvalue weighted by Gasteiger charge is 2.30. The van der Waals surface area contributed by atoms with E-state index in [4.69, 9.17) is 26.8 Å². The van der Waals surface area contributed by atoms with Crippen molar-refractivity contribution in [3.8, 4) is 22.6 Å².